The van der Waals surface area contributed by atoms with Crippen LogP contribution in [0.5, 0.6) is 0 Å². The maximum absolute atomic E-state index is 11.4. The van der Waals surface area contributed by atoms with E-state index in [0.29, 0.717) is 0 Å². The average molecular weight is 302 g/mol. The van der Waals surface area contributed by atoms with Crippen molar-refractivity contribution in [2.45, 2.75) is 51.2 Å². The van der Waals surface area contributed by atoms with E-state index in [-0.39, 0.29) is 19.3 Å². The van der Waals surface area contributed by atoms with Gasteiger partial charge in [0.2, 0.25) is 11.8 Å². The zero-order valence-corrected chi connectivity index (χ0v) is 12.1. The van der Waals surface area contributed by atoms with Crippen molar-refractivity contribution < 1.29 is 23.9 Å². The van der Waals surface area contributed by atoms with Gasteiger partial charge in [-0.1, -0.05) is 13.8 Å². The topological polar surface area (TPSA) is 168 Å². The van der Waals surface area contributed by atoms with E-state index >= 15 is 0 Å². The smallest absolute Gasteiger partial charge is 0.330 e. The number of esters is 2. The summed E-state index contributed by atoms with van der Waals surface area (Å²) in [5, 5.41) is 2.56. The zero-order valence-electron chi connectivity index (χ0n) is 12.1. The number of rotatable bonds is 6. The van der Waals surface area contributed by atoms with Crippen molar-refractivity contribution in [1.29, 1.82) is 0 Å². The van der Waals surface area contributed by atoms with Crippen molar-refractivity contribution in [2.75, 3.05) is 0 Å². The Bertz CT molecular complexity index is 392. The second kappa shape index (κ2) is 9.03. The second-order valence-electron chi connectivity index (χ2n) is 4.26. The maximum atomic E-state index is 11.4. The molecule has 1 rings (SSSR count). The van der Waals surface area contributed by atoms with Gasteiger partial charge in [0.25, 0.3) is 0 Å². The Hall–Kier alpha value is -2.00. The quantitative estimate of drug-likeness (QED) is 0.321. The van der Waals surface area contributed by atoms with Gasteiger partial charge in [0, 0.05) is 6.42 Å². The fourth-order valence-corrected chi connectivity index (χ4v) is 1.48. The van der Waals surface area contributed by atoms with Crippen molar-refractivity contribution in [2.24, 2.45) is 17.2 Å². The highest BCUT2D eigenvalue weighted by Crippen LogP contribution is 2.13. The minimum Gasteiger partial charge on any atom is -0.391 e. The molecule has 0 bridgehead atoms. The van der Waals surface area contributed by atoms with E-state index in [1.54, 1.807) is 0 Å². The summed E-state index contributed by atoms with van der Waals surface area (Å²) in [5.74, 6) is -2.93. The van der Waals surface area contributed by atoms with Crippen LogP contribution in [0.4, 0.5) is 0 Å². The van der Waals surface area contributed by atoms with E-state index in [9.17, 15) is 19.2 Å². The van der Waals surface area contributed by atoms with E-state index < -0.39 is 41.9 Å². The van der Waals surface area contributed by atoms with E-state index in [0.717, 1.165) is 0 Å². The summed E-state index contributed by atoms with van der Waals surface area (Å²) in [6.07, 6.45) is 0.108. The SMILES string of the molecule is CC.NC(=O)CC[C@H](N)C(=O)OC(=O)[C@@H]1CC(C(N)=O)N1. The monoisotopic (exact) mass is 302 g/mol. The zero-order chi connectivity index (χ0) is 16.6. The molecular weight excluding hydrogens is 280 g/mol. The van der Waals surface area contributed by atoms with Gasteiger partial charge in [-0.15, -0.1) is 0 Å². The summed E-state index contributed by atoms with van der Waals surface area (Å²) in [7, 11) is 0. The lowest BCUT2D eigenvalue weighted by Gasteiger charge is -2.32. The number of carbonyl (C=O) groups is 4. The molecular formula is C12H22N4O5. The number of carbonyl (C=O) groups excluding carboxylic acids is 4. The van der Waals surface area contributed by atoms with Gasteiger partial charge in [-0.2, -0.15) is 0 Å². The Morgan fingerprint density at radius 3 is 2.14 bits per heavy atom. The van der Waals surface area contributed by atoms with Gasteiger partial charge in [0.15, 0.2) is 0 Å². The molecule has 2 amide bonds. The molecule has 3 atom stereocenters. The van der Waals surface area contributed by atoms with Gasteiger partial charge in [-0.3, -0.25) is 14.9 Å². The molecule has 9 nitrogen and oxygen atoms in total. The summed E-state index contributed by atoms with van der Waals surface area (Å²) in [6.45, 7) is 4.00. The van der Waals surface area contributed by atoms with Crippen LogP contribution in [-0.2, 0) is 23.9 Å². The van der Waals surface area contributed by atoms with Crippen molar-refractivity contribution in [1.82, 2.24) is 5.32 Å². The van der Waals surface area contributed by atoms with Gasteiger partial charge in [0.1, 0.15) is 12.1 Å². The lowest BCUT2D eigenvalue weighted by Crippen LogP contribution is -2.62. The second-order valence-corrected chi connectivity index (χ2v) is 4.26. The molecule has 1 unspecified atom stereocenters. The average Bonchev–Trinajstić information content (AvgIpc) is 2.35. The maximum Gasteiger partial charge on any atom is 0.330 e. The van der Waals surface area contributed by atoms with E-state index in [1.165, 1.54) is 0 Å². The fraction of sp³-hybridized carbons (Fsp3) is 0.667. The van der Waals surface area contributed by atoms with E-state index in [1.807, 2.05) is 13.8 Å². The van der Waals surface area contributed by atoms with Gasteiger partial charge in [0.05, 0.1) is 6.04 Å². The van der Waals surface area contributed by atoms with E-state index in [4.69, 9.17) is 17.2 Å². The first-order chi connectivity index (χ1) is 9.81. The van der Waals surface area contributed by atoms with Crippen LogP contribution < -0.4 is 22.5 Å². The first kappa shape index (κ1) is 19.0. The lowest BCUT2D eigenvalue weighted by molar-refractivity contribution is -0.164. The number of nitrogens with one attached hydrogen (secondary N) is 1. The number of primary amides is 2. The Morgan fingerprint density at radius 2 is 1.71 bits per heavy atom. The van der Waals surface area contributed by atoms with Gasteiger partial charge >= 0.3 is 11.9 Å². The van der Waals surface area contributed by atoms with E-state index in [2.05, 4.69) is 10.1 Å². The van der Waals surface area contributed by atoms with Crippen LogP contribution in [0.15, 0.2) is 0 Å². The highest BCUT2D eigenvalue weighted by atomic mass is 16.6. The predicted molar refractivity (Wildman–Crippen MR) is 73.4 cm³/mol. The molecule has 0 aromatic carbocycles. The Balaban J connectivity index is 0.00000191. The number of hydrogen-bond donors (Lipinski definition) is 4. The molecule has 1 heterocycles. The van der Waals surface area contributed by atoms with Crippen LogP contribution in [0, 0.1) is 0 Å². The normalized spacial score (nSPS) is 21.1. The number of amides is 2. The molecule has 1 saturated heterocycles. The molecule has 7 N–H and O–H groups in total. The molecule has 21 heavy (non-hydrogen) atoms. The molecule has 1 aliphatic rings. The summed E-state index contributed by atoms with van der Waals surface area (Å²) in [5.41, 5.74) is 15.3. The van der Waals surface area contributed by atoms with Crippen LogP contribution in [0.1, 0.15) is 33.1 Å². The van der Waals surface area contributed by atoms with Crippen molar-refractivity contribution >= 4 is 23.8 Å². The third-order valence-electron chi connectivity index (χ3n) is 2.71. The molecule has 0 spiro atoms. The van der Waals surface area contributed by atoms with Crippen LogP contribution in [0.2, 0.25) is 0 Å². The van der Waals surface area contributed by atoms with Gasteiger partial charge < -0.3 is 21.9 Å². The summed E-state index contributed by atoms with van der Waals surface area (Å²) in [4.78, 5) is 44.0. The molecule has 1 fully saturated rings. The third kappa shape index (κ3) is 6.32. The number of nitrogens with two attached hydrogens (primary N) is 3. The van der Waals surface area contributed by atoms with Crippen LogP contribution in [-0.4, -0.2) is 41.9 Å². The molecule has 0 saturated carbocycles. The summed E-state index contributed by atoms with van der Waals surface area (Å²) in [6, 6.07) is -2.43. The first-order valence-corrected chi connectivity index (χ1v) is 6.66. The molecule has 0 aromatic rings. The standard InChI is InChI=1S/C10H16N4O5.C2H6/c11-4(1-2-7(12)15)9(17)19-10(18)6-3-5(14-6)8(13)16;1-2/h4-6,14H,1-3,11H2,(H2,12,15)(H2,13,16);1-2H3/t4-,5?,6-;/m0./s1. The molecule has 1 aliphatic heterocycles. The molecule has 120 valence electrons. The highest BCUT2D eigenvalue weighted by Gasteiger charge is 2.39. The summed E-state index contributed by atoms with van der Waals surface area (Å²) >= 11 is 0. The molecule has 0 aliphatic carbocycles. The predicted octanol–water partition coefficient (Wildman–Crippen LogP) is -2.11. The van der Waals surface area contributed by atoms with Crippen molar-refractivity contribution in [3.8, 4) is 0 Å². The largest absolute Gasteiger partial charge is 0.391 e. The van der Waals surface area contributed by atoms with Gasteiger partial charge in [-0.05, 0) is 12.8 Å². The molecule has 0 aromatic heterocycles. The lowest BCUT2D eigenvalue weighted by atomic mass is 9.97. The summed E-state index contributed by atoms with van der Waals surface area (Å²) < 4.78 is 4.51. The molecule has 0 radical (unpaired) electrons. The van der Waals surface area contributed by atoms with Crippen molar-refractivity contribution in [3.05, 3.63) is 0 Å². The minimum absolute atomic E-state index is 0.00343. The number of hydrogen-bond acceptors (Lipinski definition) is 7. The van der Waals surface area contributed by atoms with Crippen molar-refractivity contribution in [3.63, 3.8) is 0 Å². The Labute approximate surface area is 122 Å². The number of ether oxygens (including phenoxy) is 1. The molecule has 9 heteroatoms. The first-order valence-electron chi connectivity index (χ1n) is 6.66. The van der Waals surface area contributed by atoms with Crippen LogP contribution in [0.25, 0.3) is 0 Å². The minimum atomic E-state index is -1.09. The Kier molecular flexibility index (Phi) is 8.17. The highest BCUT2D eigenvalue weighted by molar-refractivity contribution is 5.93. The fourth-order valence-electron chi connectivity index (χ4n) is 1.48. The Morgan fingerprint density at radius 1 is 1.19 bits per heavy atom. The van der Waals surface area contributed by atoms with Crippen LogP contribution in [0.3, 0.4) is 0 Å². The van der Waals surface area contributed by atoms with Gasteiger partial charge in [-0.25, -0.2) is 9.59 Å². The van der Waals surface area contributed by atoms with Crippen LogP contribution >= 0.6 is 0 Å². The third-order valence-corrected chi connectivity index (χ3v) is 2.71.